The van der Waals surface area contributed by atoms with Gasteiger partial charge in [0, 0.05) is 72.5 Å². The summed E-state index contributed by atoms with van der Waals surface area (Å²) in [5, 5.41) is 3.57. The lowest BCUT2D eigenvalue weighted by atomic mass is 9.92. The van der Waals surface area contributed by atoms with E-state index < -0.39 is 0 Å². The van der Waals surface area contributed by atoms with Gasteiger partial charge < -0.3 is 20.0 Å². The van der Waals surface area contributed by atoms with E-state index in [1.807, 2.05) is 11.9 Å². The second-order valence-electron chi connectivity index (χ2n) is 9.41. The maximum absolute atomic E-state index is 12.7. The van der Waals surface area contributed by atoms with Crippen LogP contribution in [-0.2, 0) is 4.79 Å². The average molecular weight is 407 g/mol. The van der Waals surface area contributed by atoms with Crippen LogP contribution in [0.4, 0.5) is 0 Å². The monoisotopic (exact) mass is 406 g/mol. The number of nitrogens with zero attached hydrogens (tertiary/aromatic N) is 5. The van der Waals surface area contributed by atoms with Crippen molar-refractivity contribution in [2.24, 2.45) is 16.8 Å². The number of nitrogens with one attached hydrogen (secondary N) is 1. The Morgan fingerprint density at radius 2 is 1.62 bits per heavy atom. The summed E-state index contributed by atoms with van der Waals surface area (Å²) in [5.74, 6) is 2.91. The number of carbonyl (C=O) groups excluding carboxylic acids is 1. The van der Waals surface area contributed by atoms with Crippen molar-refractivity contribution in [2.45, 2.75) is 46.1 Å². The van der Waals surface area contributed by atoms with E-state index in [2.05, 4.69) is 45.8 Å². The van der Waals surface area contributed by atoms with Crippen LogP contribution in [0.3, 0.4) is 0 Å². The summed E-state index contributed by atoms with van der Waals surface area (Å²) in [5.41, 5.74) is 0. The first-order valence-corrected chi connectivity index (χ1v) is 11.7. The van der Waals surface area contributed by atoms with E-state index >= 15 is 0 Å². The normalized spacial score (nSPS) is 28.6. The smallest absolute Gasteiger partial charge is 0.239 e. The quantitative estimate of drug-likeness (QED) is 0.549. The van der Waals surface area contributed by atoms with Crippen molar-refractivity contribution in [3.63, 3.8) is 0 Å². The Kier molecular flexibility index (Phi) is 8.18. The number of piperidine rings is 1. The standard InChI is InChI=1S/C22H42N6O/c1-18-15-19(2)17-25(16-18)10-7-24-22(23-4)28-13-11-26(12-14-28)20(3)21(29)27-8-5-6-9-27/h18-20H,5-17H2,1-4H3,(H,23,24). The molecular weight excluding hydrogens is 364 g/mol. The van der Waals surface area contributed by atoms with Gasteiger partial charge in [0.25, 0.3) is 0 Å². The molecule has 3 heterocycles. The predicted molar refractivity (Wildman–Crippen MR) is 119 cm³/mol. The van der Waals surface area contributed by atoms with Crippen LogP contribution in [0.5, 0.6) is 0 Å². The molecular formula is C22H42N6O. The minimum absolute atomic E-state index is 0.00620. The molecule has 7 heteroatoms. The summed E-state index contributed by atoms with van der Waals surface area (Å²) < 4.78 is 0. The topological polar surface area (TPSA) is 54.4 Å². The second kappa shape index (κ2) is 10.6. The minimum Gasteiger partial charge on any atom is -0.355 e. The highest BCUT2D eigenvalue weighted by Gasteiger charge is 2.30. The zero-order valence-electron chi connectivity index (χ0n) is 19.1. The number of piperazine rings is 1. The highest BCUT2D eigenvalue weighted by molar-refractivity contribution is 5.82. The van der Waals surface area contributed by atoms with Gasteiger partial charge in [0.1, 0.15) is 0 Å². The summed E-state index contributed by atoms with van der Waals surface area (Å²) in [4.78, 5) is 26.5. The summed E-state index contributed by atoms with van der Waals surface area (Å²) in [7, 11) is 1.87. The van der Waals surface area contributed by atoms with Gasteiger partial charge in [-0.15, -0.1) is 0 Å². The predicted octanol–water partition coefficient (Wildman–Crippen LogP) is 1.17. The fourth-order valence-corrected chi connectivity index (χ4v) is 5.31. The molecule has 3 atom stereocenters. The molecule has 3 aliphatic rings. The van der Waals surface area contributed by atoms with E-state index in [0.717, 1.165) is 83.0 Å². The molecule has 0 bridgehead atoms. The average Bonchev–Trinajstić information content (AvgIpc) is 3.24. The van der Waals surface area contributed by atoms with E-state index in [1.54, 1.807) is 0 Å². The number of hydrogen-bond donors (Lipinski definition) is 1. The van der Waals surface area contributed by atoms with E-state index in [9.17, 15) is 4.79 Å². The van der Waals surface area contributed by atoms with Gasteiger partial charge in [-0.2, -0.15) is 0 Å². The third kappa shape index (κ3) is 6.07. The molecule has 0 radical (unpaired) electrons. The zero-order chi connectivity index (χ0) is 20.8. The van der Waals surface area contributed by atoms with Crippen LogP contribution in [0.1, 0.15) is 40.0 Å². The van der Waals surface area contributed by atoms with Gasteiger partial charge in [-0.05, 0) is 38.0 Å². The number of hydrogen-bond acceptors (Lipinski definition) is 4. The molecule has 0 aromatic heterocycles. The Labute approximate surface area is 177 Å². The Bertz CT molecular complexity index is 544. The number of carbonyl (C=O) groups is 1. The van der Waals surface area contributed by atoms with Crippen LogP contribution in [0, 0.1) is 11.8 Å². The van der Waals surface area contributed by atoms with Crippen LogP contribution in [0.25, 0.3) is 0 Å². The Balaban J connectivity index is 1.40. The van der Waals surface area contributed by atoms with Crippen LogP contribution in [0.2, 0.25) is 0 Å². The van der Waals surface area contributed by atoms with Crippen molar-refractivity contribution < 1.29 is 4.79 Å². The lowest BCUT2D eigenvalue weighted by Gasteiger charge is -2.40. The zero-order valence-corrected chi connectivity index (χ0v) is 19.1. The third-order valence-corrected chi connectivity index (χ3v) is 6.80. The van der Waals surface area contributed by atoms with Crippen LogP contribution < -0.4 is 5.32 Å². The SMILES string of the molecule is CN=C(NCCN1CC(C)CC(C)C1)N1CCN(C(C)C(=O)N2CCCC2)CC1. The molecule has 0 spiro atoms. The first-order valence-electron chi connectivity index (χ1n) is 11.7. The molecule has 0 saturated carbocycles. The number of amides is 1. The Hall–Kier alpha value is -1.34. The highest BCUT2D eigenvalue weighted by Crippen LogP contribution is 2.20. The van der Waals surface area contributed by atoms with Crippen molar-refractivity contribution in [3.05, 3.63) is 0 Å². The Morgan fingerprint density at radius 1 is 1.00 bits per heavy atom. The van der Waals surface area contributed by atoms with Crippen molar-refractivity contribution >= 4 is 11.9 Å². The molecule has 1 amide bonds. The van der Waals surface area contributed by atoms with Gasteiger partial charge in [-0.25, -0.2) is 0 Å². The molecule has 3 saturated heterocycles. The van der Waals surface area contributed by atoms with Gasteiger partial charge in [0.05, 0.1) is 6.04 Å². The van der Waals surface area contributed by atoms with E-state index in [0.29, 0.717) is 5.91 Å². The van der Waals surface area contributed by atoms with Crippen LogP contribution >= 0.6 is 0 Å². The van der Waals surface area contributed by atoms with E-state index in [4.69, 9.17) is 0 Å². The third-order valence-electron chi connectivity index (χ3n) is 6.80. The fourth-order valence-electron chi connectivity index (χ4n) is 5.31. The number of rotatable bonds is 5. The molecule has 7 nitrogen and oxygen atoms in total. The molecule has 3 fully saturated rings. The lowest BCUT2D eigenvalue weighted by Crippen LogP contribution is -2.57. The van der Waals surface area contributed by atoms with Crippen molar-refractivity contribution in [3.8, 4) is 0 Å². The van der Waals surface area contributed by atoms with E-state index in [1.165, 1.54) is 19.5 Å². The first-order chi connectivity index (χ1) is 14.0. The number of aliphatic imine (C=N–C) groups is 1. The molecule has 3 unspecified atom stereocenters. The van der Waals surface area contributed by atoms with Gasteiger partial charge >= 0.3 is 0 Å². The minimum atomic E-state index is -0.00620. The van der Waals surface area contributed by atoms with Crippen LogP contribution in [-0.4, -0.2) is 110 Å². The van der Waals surface area contributed by atoms with E-state index in [-0.39, 0.29) is 6.04 Å². The molecule has 0 aromatic carbocycles. The first kappa shape index (κ1) is 22.3. The van der Waals surface area contributed by atoms with Gasteiger partial charge in [-0.1, -0.05) is 13.8 Å². The Morgan fingerprint density at radius 3 is 2.21 bits per heavy atom. The summed E-state index contributed by atoms with van der Waals surface area (Å²) in [6.45, 7) is 16.8. The second-order valence-corrected chi connectivity index (χ2v) is 9.41. The number of likely N-dealkylation sites (tertiary alicyclic amines) is 2. The number of guanidine groups is 1. The molecule has 3 aliphatic heterocycles. The molecule has 3 rings (SSSR count). The lowest BCUT2D eigenvalue weighted by molar-refractivity contribution is -0.135. The van der Waals surface area contributed by atoms with Crippen LogP contribution in [0.15, 0.2) is 4.99 Å². The highest BCUT2D eigenvalue weighted by atomic mass is 16.2. The summed E-state index contributed by atoms with van der Waals surface area (Å²) in [6, 6.07) is -0.00620. The molecule has 1 N–H and O–H groups in total. The summed E-state index contributed by atoms with van der Waals surface area (Å²) in [6.07, 6.45) is 3.67. The van der Waals surface area contributed by atoms with Crippen molar-refractivity contribution in [1.82, 2.24) is 24.9 Å². The summed E-state index contributed by atoms with van der Waals surface area (Å²) >= 11 is 0. The maximum atomic E-state index is 12.7. The molecule has 166 valence electrons. The van der Waals surface area contributed by atoms with Crippen molar-refractivity contribution in [1.29, 1.82) is 0 Å². The van der Waals surface area contributed by atoms with Gasteiger partial charge in [-0.3, -0.25) is 14.7 Å². The molecule has 29 heavy (non-hydrogen) atoms. The maximum Gasteiger partial charge on any atom is 0.239 e. The van der Waals surface area contributed by atoms with Gasteiger partial charge in [0.15, 0.2) is 5.96 Å². The largest absolute Gasteiger partial charge is 0.355 e. The van der Waals surface area contributed by atoms with Gasteiger partial charge in [0.2, 0.25) is 5.91 Å². The molecule has 0 aromatic rings. The molecule has 0 aliphatic carbocycles. The fraction of sp³-hybridized carbons (Fsp3) is 0.909. The van der Waals surface area contributed by atoms with Crippen molar-refractivity contribution in [2.75, 3.05) is 72.5 Å².